The van der Waals surface area contributed by atoms with E-state index in [9.17, 15) is 12.6 Å². The number of rotatable bonds is 8. The second-order valence-electron chi connectivity index (χ2n) is 2.71. The maximum atomic E-state index is 11.1. The molecule has 1 unspecified atom stereocenters. The summed E-state index contributed by atoms with van der Waals surface area (Å²) in [6.07, 6.45) is 1.06. The Labute approximate surface area is 86.9 Å². The predicted molar refractivity (Wildman–Crippen MR) is 55.5 cm³/mol. The zero-order valence-electron chi connectivity index (χ0n) is 8.02. The van der Waals surface area contributed by atoms with Crippen molar-refractivity contribution in [2.24, 2.45) is 0 Å². The van der Waals surface area contributed by atoms with Gasteiger partial charge in [-0.3, -0.25) is 4.55 Å². The highest BCUT2D eigenvalue weighted by Gasteiger charge is 2.06. The van der Waals surface area contributed by atoms with Crippen LogP contribution in [0, 0.1) is 0 Å². The second kappa shape index (κ2) is 7.30. The summed E-state index contributed by atoms with van der Waals surface area (Å²) in [5.74, 6) is 0.117. The van der Waals surface area contributed by atoms with Gasteiger partial charge in [0.05, 0.1) is 5.75 Å². The minimum Gasteiger partial charge on any atom is -0.294 e. The molecule has 0 amide bonds. The Morgan fingerprint density at radius 3 is 2.50 bits per heavy atom. The van der Waals surface area contributed by atoms with Crippen LogP contribution in [0.1, 0.15) is 19.8 Å². The lowest BCUT2D eigenvalue weighted by Gasteiger charge is -2.04. The van der Waals surface area contributed by atoms with Crippen molar-refractivity contribution in [2.45, 2.75) is 19.8 Å². The molecule has 0 aromatic rings. The summed E-state index contributed by atoms with van der Waals surface area (Å²) in [4.78, 5) is 0. The third kappa shape index (κ3) is 8.57. The van der Waals surface area contributed by atoms with Gasteiger partial charge in [0.1, 0.15) is 0 Å². The van der Waals surface area contributed by atoms with E-state index < -0.39 is 21.3 Å². The highest BCUT2D eigenvalue weighted by Crippen LogP contribution is 1.88. The smallest absolute Gasteiger partial charge is 0.231 e. The molecular weight excluding hydrogens is 228 g/mol. The number of sulfonamides is 1. The molecule has 0 saturated carbocycles. The number of hydrogen-bond donors (Lipinski definition) is 3. The molecule has 1 atom stereocenters. The molecule has 0 spiro atoms. The Hall–Kier alpha value is -0.0200. The molecule has 6 nitrogen and oxygen atoms in total. The molecular formula is C6H16N2O4S2. The van der Waals surface area contributed by atoms with Crippen molar-refractivity contribution in [3.8, 4) is 0 Å². The summed E-state index contributed by atoms with van der Waals surface area (Å²) in [5, 5.41) is 0. The molecule has 0 saturated heterocycles. The first-order valence-electron chi connectivity index (χ1n) is 4.29. The van der Waals surface area contributed by atoms with Crippen molar-refractivity contribution >= 4 is 21.3 Å². The molecule has 0 aromatic carbocycles. The fraction of sp³-hybridized carbons (Fsp3) is 1.00. The van der Waals surface area contributed by atoms with E-state index in [1.807, 2.05) is 0 Å². The standard InChI is InChI=1S/C6H16N2O4S2/c1-2-6-14(11,12)8-5-3-4-7-13(9)10/h7-8H,2-6H2,1H3,(H,9,10). The van der Waals surface area contributed by atoms with Crippen molar-refractivity contribution in [3.63, 3.8) is 0 Å². The van der Waals surface area contributed by atoms with Gasteiger partial charge < -0.3 is 0 Å². The summed E-state index contributed by atoms with van der Waals surface area (Å²) in [6, 6.07) is 0. The van der Waals surface area contributed by atoms with Crippen LogP contribution in [0.4, 0.5) is 0 Å². The Kier molecular flexibility index (Phi) is 7.28. The van der Waals surface area contributed by atoms with E-state index in [0.717, 1.165) is 0 Å². The van der Waals surface area contributed by atoms with Gasteiger partial charge in [-0.05, 0) is 12.8 Å². The minimum atomic E-state index is -3.15. The van der Waals surface area contributed by atoms with Crippen LogP contribution in [0.5, 0.6) is 0 Å². The van der Waals surface area contributed by atoms with Crippen LogP contribution in [-0.4, -0.2) is 36.0 Å². The molecule has 0 fully saturated rings. The van der Waals surface area contributed by atoms with Gasteiger partial charge in [0, 0.05) is 13.1 Å². The number of nitrogens with one attached hydrogen (secondary N) is 2. The van der Waals surface area contributed by atoms with Crippen LogP contribution in [0.15, 0.2) is 0 Å². The highest BCUT2D eigenvalue weighted by atomic mass is 32.2. The highest BCUT2D eigenvalue weighted by molar-refractivity contribution is 7.89. The first-order chi connectivity index (χ1) is 6.48. The van der Waals surface area contributed by atoms with Crippen molar-refractivity contribution in [1.82, 2.24) is 9.44 Å². The van der Waals surface area contributed by atoms with Crippen molar-refractivity contribution < 1.29 is 17.2 Å². The molecule has 86 valence electrons. The van der Waals surface area contributed by atoms with Gasteiger partial charge in [-0.25, -0.2) is 22.1 Å². The lowest BCUT2D eigenvalue weighted by atomic mass is 10.4. The SMILES string of the molecule is CCCS(=O)(=O)NCCCNS(=O)O. The summed E-state index contributed by atoms with van der Waals surface area (Å²) in [7, 11) is -3.15. The molecule has 0 aliphatic rings. The zero-order chi connectivity index (χ0) is 11.0. The van der Waals surface area contributed by atoms with E-state index in [1.165, 1.54) is 0 Å². The molecule has 0 rings (SSSR count). The average molecular weight is 244 g/mol. The summed E-state index contributed by atoms with van der Waals surface area (Å²) in [6.45, 7) is 2.37. The fourth-order valence-electron chi connectivity index (χ4n) is 0.816. The van der Waals surface area contributed by atoms with E-state index in [1.54, 1.807) is 6.92 Å². The van der Waals surface area contributed by atoms with Crippen LogP contribution in [0.3, 0.4) is 0 Å². The minimum absolute atomic E-state index is 0.117. The molecule has 3 N–H and O–H groups in total. The number of hydrogen-bond acceptors (Lipinski definition) is 3. The topological polar surface area (TPSA) is 95.5 Å². The van der Waals surface area contributed by atoms with Gasteiger partial charge in [0.25, 0.3) is 0 Å². The Morgan fingerprint density at radius 1 is 1.36 bits per heavy atom. The van der Waals surface area contributed by atoms with Crippen LogP contribution in [0.2, 0.25) is 0 Å². The van der Waals surface area contributed by atoms with Gasteiger partial charge in [-0.1, -0.05) is 6.92 Å². The van der Waals surface area contributed by atoms with Crippen LogP contribution in [0.25, 0.3) is 0 Å². The molecule has 0 aliphatic heterocycles. The van der Waals surface area contributed by atoms with Crippen molar-refractivity contribution in [2.75, 3.05) is 18.8 Å². The lowest BCUT2D eigenvalue weighted by Crippen LogP contribution is -2.29. The molecule has 8 heteroatoms. The zero-order valence-corrected chi connectivity index (χ0v) is 9.66. The van der Waals surface area contributed by atoms with Crippen molar-refractivity contribution in [1.29, 1.82) is 0 Å². The van der Waals surface area contributed by atoms with Crippen molar-refractivity contribution in [3.05, 3.63) is 0 Å². The maximum absolute atomic E-state index is 11.1. The molecule has 0 aromatic heterocycles. The Balaban J connectivity index is 3.49. The van der Waals surface area contributed by atoms with Gasteiger partial charge in [0.2, 0.25) is 21.3 Å². The predicted octanol–water partition coefficient (Wildman–Crippen LogP) is -0.568. The largest absolute Gasteiger partial charge is 0.294 e. The molecule has 0 radical (unpaired) electrons. The summed E-state index contributed by atoms with van der Waals surface area (Å²) < 4.78 is 45.3. The molecule has 14 heavy (non-hydrogen) atoms. The summed E-state index contributed by atoms with van der Waals surface area (Å²) >= 11 is -2.02. The first-order valence-corrected chi connectivity index (χ1v) is 7.05. The third-order valence-electron chi connectivity index (χ3n) is 1.37. The lowest BCUT2D eigenvalue weighted by molar-refractivity contribution is 0.546. The monoisotopic (exact) mass is 244 g/mol. The molecule has 0 bridgehead atoms. The van der Waals surface area contributed by atoms with Crippen LogP contribution >= 0.6 is 0 Å². The van der Waals surface area contributed by atoms with E-state index in [-0.39, 0.29) is 12.3 Å². The quantitative estimate of drug-likeness (QED) is 0.394. The van der Waals surface area contributed by atoms with Gasteiger partial charge in [-0.15, -0.1) is 0 Å². The van der Waals surface area contributed by atoms with Crippen LogP contribution in [-0.2, 0) is 21.3 Å². The maximum Gasteiger partial charge on any atom is 0.231 e. The van der Waals surface area contributed by atoms with E-state index in [0.29, 0.717) is 19.4 Å². The fourth-order valence-corrected chi connectivity index (χ4v) is 2.27. The third-order valence-corrected chi connectivity index (χ3v) is 3.41. The first kappa shape index (κ1) is 14.0. The Morgan fingerprint density at radius 2 is 2.00 bits per heavy atom. The second-order valence-corrected chi connectivity index (χ2v) is 5.42. The summed E-state index contributed by atoms with van der Waals surface area (Å²) in [5.41, 5.74) is 0. The van der Waals surface area contributed by atoms with E-state index in [4.69, 9.17) is 4.55 Å². The van der Waals surface area contributed by atoms with E-state index >= 15 is 0 Å². The van der Waals surface area contributed by atoms with Crippen LogP contribution < -0.4 is 9.44 Å². The van der Waals surface area contributed by atoms with E-state index in [2.05, 4.69) is 9.44 Å². The average Bonchev–Trinajstić information content (AvgIpc) is 2.02. The Bertz CT molecular complexity index is 265. The van der Waals surface area contributed by atoms with Gasteiger partial charge in [0.15, 0.2) is 0 Å². The van der Waals surface area contributed by atoms with Gasteiger partial charge >= 0.3 is 0 Å². The molecule has 0 heterocycles. The van der Waals surface area contributed by atoms with Gasteiger partial charge in [-0.2, -0.15) is 0 Å². The normalized spacial score (nSPS) is 14.1. The molecule has 0 aliphatic carbocycles.